The number of aromatic nitrogens is 2. The van der Waals surface area contributed by atoms with Crippen molar-refractivity contribution in [2.45, 2.75) is 27.0 Å². The fraction of sp³-hybridized carbons (Fsp3) is 0.308. The van der Waals surface area contributed by atoms with E-state index in [1.54, 1.807) is 10.7 Å². The van der Waals surface area contributed by atoms with E-state index in [1.807, 2.05) is 13.8 Å². The number of hydrogen-bond acceptors (Lipinski definition) is 2. The molecule has 0 aliphatic heterocycles. The van der Waals surface area contributed by atoms with Crippen molar-refractivity contribution in [1.82, 2.24) is 9.78 Å². The van der Waals surface area contributed by atoms with Crippen LogP contribution in [0.15, 0.2) is 18.2 Å². The molecule has 0 spiro atoms. The molecule has 0 aliphatic carbocycles. The van der Waals surface area contributed by atoms with Gasteiger partial charge in [0, 0.05) is 16.3 Å². The lowest BCUT2D eigenvalue weighted by Crippen LogP contribution is -2.05. The zero-order valence-electron chi connectivity index (χ0n) is 10.2. The Labute approximate surface area is 110 Å². The molecule has 96 valence electrons. The van der Waals surface area contributed by atoms with Crippen LogP contribution in [0.5, 0.6) is 0 Å². The second-order valence-electron chi connectivity index (χ2n) is 4.20. The molecule has 1 aromatic heterocycles. The van der Waals surface area contributed by atoms with E-state index in [-0.39, 0.29) is 12.4 Å². The number of aryl methyl sites for hydroxylation is 1. The summed E-state index contributed by atoms with van der Waals surface area (Å²) < 4.78 is 14.7. The summed E-state index contributed by atoms with van der Waals surface area (Å²) >= 11 is 5.98. The van der Waals surface area contributed by atoms with Gasteiger partial charge in [-0.2, -0.15) is 5.10 Å². The van der Waals surface area contributed by atoms with Gasteiger partial charge in [-0.05, 0) is 31.5 Å². The van der Waals surface area contributed by atoms with Crippen LogP contribution >= 0.6 is 11.6 Å². The molecule has 5 heteroatoms. The van der Waals surface area contributed by atoms with Crippen LogP contribution < -0.4 is 0 Å². The van der Waals surface area contributed by atoms with Crippen LogP contribution in [0.4, 0.5) is 4.39 Å². The van der Waals surface area contributed by atoms with Gasteiger partial charge in [0.05, 0.1) is 18.8 Å². The van der Waals surface area contributed by atoms with Gasteiger partial charge in [-0.15, -0.1) is 0 Å². The minimum absolute atomic E-state index is 0.0329. The molecule has 0 radical (unpaired) electrons. The van der Waals surface area contributed by atoms with E-state index < -0.39 is 0 Å². The quantitative estimate of drug-likeness (QED) is 0.930. The summed E-state index contributed by atoms with van der Waals surface area (Å²) in [5.74, 6) is -0.354. The van der Waals surface area contributed by atoms with Crippen molar-refractivity contribution in [2.24, 2.45) is 0 Å². The van der Waals surface area contributed by atoms with Gasteiger partial charge in [0.1, 0.15) is 5.82 Å². The largest absolute Gasteiger partial charge is 0.392 e. The van der Waals surface area contributed by atoms with Crippen LogP contribution in [-0.2, 0) is 13.2 Å². The number of hydrogen-bond donors (Lipinski definition) is 1. The minimum Gasteiger partial charge on any atom is -0.392 e. The molecule has 0 atom stereocenters. The van der Waals surface area contributed by atoms with Gasteiger partial charge in [-0.3, -0.25) is 4.68 Å². The van der Waals surface area contributed by atoms with E-state index in [1.165, 1.54) is 12.1 Å². The lowest BCUT2D eigenvalue weighted by Gasteiger charge is -2.07. The summed E-state index contributed by atoms with van der Waals surface area (Å²) in [5, 5.41) is 14.0. The lowest BCUT2D eigenvalue weighted by molar-refractivity contribution is 0.280. The highest BCUT2D eigenvalue weighted by molar-refractivity contribution is 6.31. The molecule has 0 fully saturated rings. The van der Waals surface area contributed by atoms with Crippen molar-refractivity contribution in [1.29, 1.82) is 0 Å². The predicted molar refractivity (Wildman–Crippen MR) is 68.1 cm³/mol. The maximum Gasteiger partial charge on any atom is 0.124 e. The number of halogens is 2. The molecule has 0 aliphatic rings. The van der Waals surface area contributed by atoms with E-state index in [4.69, 9.17) is 11.6 Å². The van der Waals surface area contributed by atoms with Crippen LogP contribution in [0.3, 0.4) is 0 Å². The van der Waals surface area contributed by atoms with Gasteiger partial charge < -0.3 is 5.11 Å². The van der Waals surface area contributed by atoms with Gasteiger partial charge in [0.25, 0.3) is 0 Å². The monoisotopic (exact) mass is 268 g/mol. The molecule has 2 aromatic rings. The fourth-order valence-electron chi connectivity index (χ4n) is 1.93. The highest BCUT2D eigenvalue weighted by Gasteiger charge is 2.12. The van der Waals surface area contributed by atoms with Gasteiger partial charge in [-0.1, -0.05) is 17.7 Å². The van der Waals surface area contributed by atoms with Crippen LogP contribution in [0.25, 0.3) is 0 Å². The number of rotatable bonds is 3. The smallest absolute Gasteiger partial charge is 0.124 e. The topological polar surface area (TPSA) is 38.0 Å². The number of aliphatic hydroxyl groups is 1. The number of aliphatic hydroxyl groups excluding tert-OH is 1. The van der Waals surface area contributed by atoms with Crippen molar-refractivity contribution >= 4 is 11.6 Å². The average Bonchev–Trinajstić information content (AvgIpc) is 2.58. The second kappa shape index (κ2) is 5.08. The molecule has 0 amide bonds. The molecule has 2 rings (SSSR count). The first-order valence-corrected chi connectivity index (χ1v) is 5.98. The van der Waals surface area contributed by atoms with E-state index in [9.17, 15) is 9.50 Å². The molecule has 18 heavy (non-hydrogen) atoms. The highest BCUT2D eigenvalue weighted by Crippen LogP contribution is 2.20. The normalized spacial score (nSPS) is 10.9. The first-order valence-electron chi connectivity index (χ1n) is 5.60. The Morgan fingerprint density at radius 2 is 2.11 bits per heavy atom. The van der Waals surface area contributed by atoms with Crippen LogP contribution in [0.2, 0.25) is 5.02 Å². The second-order valence-corrected chi connectivity index (χ2v) is 4.61. The third kappa shape index (κ3) is 2.40. The summed E-state index contributed by atoms with van der Waals surface area (Å²) in [6.07, 6.45) is 0. The van der Waals surface area contributed by atoms with Crippen molar-refractivity contribution < 1.29 is 9.50 Å². The SMILES string of the molecule is Cc1nn(Cc2ccc(F)cc2Cl)c(C)c1CO. The maximum absolute atomic E-state index is 12.9. The Hall–Kier alpha value is -1.39. The first kappa shape index (κ1) is 13.1. The van der Waals surface area contributed by atoms with E-state index in [0.717, 1.165) is 22.5 Å². The summed E-state index contributed by atoms with van der Waals surface area (Å²) in [6.45, 7) is 4.17. The van der Waals surface area contributed by atoms with Crippen molar-refractivity contribution in [3.63, 3.8) is 0 Å². The summed E-state index contributed by atoms with van der Waals surface area (Å²) in [7, 11) is 0. The Bertz CT molecular complexity index is 581. The maximum atomic E-state index is 12.9. The van der Waals surface area contributed by atoms with E-state index >= 15 is 0 Å². The van der Waals surface area contributed by atoms with E-state index in [2.05, 4.69) is 5.10 Å². The summed E-state index contributed by atoms with van der Waals surface area (Å²) in [4.78, 5) is 0. The number of benzene rings is 1. The van der Waals surface area contributed by atoms with Gasteiger partial charge in [-0.25, -0.2) is 4.39 Å². The van der Waals surface area contributed by atoms with Gasteiger partial charge in [0.2, 0.25) is 0 Å². The molecule has 0 bridgehead atoms. The van der Waals surface area contributed by atoms with Crippen LogP contribution in [-0.4, -0.2) is 14.9 Å². The highest BCUT2D eigenvalue weighted by atomic mass is 35.5. The fourth-order valence-corrected chi connectivity index (χ4v) is 2.16. The zero-order valence-corrected chi connectivity index (χ0v) is 11.0. The number of nitrogens with zero attached hydrogens (tertiary/aromatic N) is 2. The molecule has 0 unspecified atom stereocenters. The zero-order chi connectivity index (χ0) is 13.3. The van der Waals surface area contributed by atoms with Crippen LogP contribution in [0.1, 0.15) is 22.5 Å². The minimum atomic E-state index is -0.354. The third-order valence-corrected chi connectivity index (χ3v) is 3.38. The van der Waals surface area contributed by atoms with Gasteiger partial charge >= 0.3 is 0 Å². The summed E-state index contributed by atoms with van der Waals surface area (Å²) in [5.41, 5.74) is 3.32. The van der Waals surface area contributed by atoms with Crippen molar-refractivity contribution in [2.75, 3.05) is 0 Å². The third-order valence-electron chi connectivity index (χ3n) is 3.02. The average molecular weight is 269 g/mol. The molecule has 0 saturated carbocycles. The standard InChI is InChI=1S/C13H14ClFN2O/c1-8-12(7-18)9(2)17(16-8)6-10-3-4-11(15)5-13(10)14/h3-5,18H,6-7H2,1-2H3. The Morgan fingerprint density at radius 3 is 2.67 bits per heavy atom. The molecular weight excluding hydrogens is 255 g/mol. The van der Waals surface area contributed by atoms with Crippen molar-refractivity contribution in [3.8, 4) is 0 Å². The predicted octanol–water partition coefficient (Wildman–Crippen LogP) is 2.83. The molecule has 3 nitrogen and oxygen atoms in total. The van der Waals surface area contributed by atoms with Gasteiger partial charge in [0.15, 0.2) is 0 Å². The molecule has 0 saturated heterocycles. The summed E-state index contributed by atoms with van der Waals surface area (Å²) in [6, 6.07) is 4.31. The van der Waals surface area contributed by atoms with E-state index in [0.29, 0.717) is 11.6 Å². The first-order chi connectivity index (χ1) is 8.52. The lowest BCUT2D eigenvalue weighted by atomic mass is 10.2. The molecular formula is C13H14ClFN2O. The Balaban J connectivity index is 2.34. The van der Waals surface area contributed by atoms with Crippen LogP contribution in [0, 0.1) is 19.7 Å². The molecule has 1 N–H and O–H groups in total. The molecule has 1 heterocycles. The Kier molecular flexibility index (Phi) is 3.68. The van der Waals surface area contributed by atoms with Crippen molar-refractivity contribution in [3.05, 3.63) is 51.6 Å². The molecule has 1 aromatic carbocycles. The Morgan fingerprint density at radius 1 is 1.39 bits per heavy atom.